The first-order valence-corrected chi connectivity index (χ1v) is 8.69. The van der Waals surface area contributed by atoms with Crippen LogP contribution in [0.3, 0.4) is 0 Å². The van der Waals surface area contributed by atoms with Crippen LogP contribution in [0.5, 0.6) is 11.5 Å². The molecule has 0 aliphatic rings. The molecule has 0 unspecified atom stereocenters. The highest BCUT2D eigenvalue weighted by molar-refractivity contribution is 6.35. The first-order chi connectivity index (χ1) is 13.0. The molecule has 27 heavy (non-hydrogen) atoms. The number of halogens is 1. The molecule has 0 atom stereocenters. The van der Waals surface area contributed by atoms with Crippen molar-refractivity contribution < 1.29 is 19.4 Å². The Hall–Kier alpha value is -3.06. The van der Waals surface area contributed by atoms with E-state index >= 15 is 0 Å². The normalized spacial score (nSPS) is 10.6. The molecule has 142 valence electrons. The summed E-state index contributed by atoms with van der Waals surface area (Å²) in [6, 6.07) is 12.6. The number of phenolic OH excluding ortho intramolecular Hbond substituents is 1. The number of hydrazone groups is 1. The van der Waals surface area contributed by atoms with E-state index in [1.54, 1.807) is 6.92 Å². The predicted molar refractivity (Wildman–Crippen MR) is 103 cm³/mol. The minimum atomic E-state index is -0.880. The van der Waals surface area contributed by atoms with Crippen molar-refractivity contribution in [3.05, 3.63) is 58.6 Å². The van der Waals surface area contributed by atoms with Crippen molar-refractivity contribution in [2.45, 2.75) is 13.3 Å². The van der Waals surface area contributed by atoms with Gasteiger partial charge < -0.3 is 15.2 Å². The number of benzene rings is 2. The lowest BCUT2D eigenvalue weighted by molar-refractivity contribution is -0.139. The lowest BCUT2D eigenvalue weighted by Gasteiger charge is -2.08. The Labute approximate surface area is 162 Å². The molecule has 0 saturated carbocycles. The number of amides is 2. The molecule has 3 N–H and O–H groups in total. The van der Waals surface area contributed by atoms with E-state index in [2.05, 4.69) is 15.8 Å². The second-order valence-electron chi connectivity index (χ2n) is 5.47. The van der Waals surface area contributed by atoms with Crippen LogP contribution in [0.25, 0.3) is 0 Å². The molecule has 0 saturated heterocycles. The fourth-order valence-electron chi connectivity index (χ4n) is 2.20. The van der Waals surface area contributed by atoms with Gasteiger partial charge in [0, 0.05) is 6.54 Å². The molecule has 2 aromatic rings. The third kappa shape index (κ3) is 6.31. The molecular formula is C19H20ClN3O4. The van der Waals surface area contributed by atoms with Crippen LogP contribution < -0.4 is 15.5 Å². The average molecular weight is 390 g/mol. The number of phenols is 1. The van der Waals surface area contributed by atoms with E-state index < -0.39 is 11.8 Å². The molecule has 0 bridgehead atoms. The molecule has 0 heterocycles. The van der Waals surface area contributed by atoms with Crippen molar-refractivity contribution in [2.24, 2.45) is 5.10 Å². The summed E-state index contributed by atoms with van der Waals surface area (Å²) in [5.74, 6) is -1.62. The fraction of sp³-hybridized carbons (Fsp3) is 0.211. The van der Waals surface area contributed by atoms with Gasteiger partial charge in [0.05, 0.1) is 17.8 Å². The van der Waals surface area contributed by atoms with Crippen LogP contribution in [0.4, 0.5) is 0 Å². The smallest absolute Gasteiger partial charge is 0.329 e. The lowest BCUT2D eigenvalue weighted by Crippen LogP contribution is -2.38. The van der Waals surface area contributed by atoms with Gasteiger partial charge in [-0.2, -0.15) is 5.10 Å². The predicted octanol–water partition coefficient (Wildman–Crippen LogP) is 2.25. The van der Waals surface area contributed by atoms with Crippen molar-refractivity contribution >= 4 is 29.6 Å². The molecular weight excluding hydrogens is 370 g/mol. The Balaban J connectivity index is 1.84. The van der Waals surface area contributed by atoms with E-state index in [0.29, 0.717) is 25.1 Å². The van der Waals surface area contributed by atoms with Gasteiger partial charge in [-0.25, -0.2) is 5.43 Å². The largest absolute Gasteiger partial charge is 0.503 e. The van der Waals surface area contributed by atoms with Gasteiger partial charge in [0.25, 0.3) is 0 Å². The van der Waals surface area contributed by atoms with Crippen LogP contribution in [0.2, 0.25) is 5.02 Å². The number of nitrogens with zero attached hydrogens (tertiary/aromatic N) is 1. The van der Waals surface area contributed by atoms with E-state index in [-0.39, 0.29) is 16.5 Å². The highest BCUT2D eigenvalue weighted by Gasteiger charge is 2.12. The number of hydrogen-bond donors (Lipinski definition) is 3. The van der Waals surface area contributed by atoms with E-state index in [0.717, 1.165) is 5.56 Å². The molecule has 0 spiro atoms. The summed E-state index contributed by atoms with van der Waals surface area (Å²) < 4.78 is 5.26. The monoisotopic (exact) mass is 389 g/mol. The molecule has 2 aromatic carbocycles. The quantitative estimate of drug-likeness (QED) is 0.384. The van der Waals surface area contributed by atoms with Crippen LogP contribution in [0.1, 0.15) is 18.1 Å². The lowest BCUT2D eigenvalue weighted by atomic mass is 10.1. The van der Waals surface area contributed by atoms with Crippen LogP contribution in [-0.2, 0) is 16.0 Å². The summed E-state index contributed by atoms with van der Waals surface area (Å²) in [7, 11) is 0. The zero-order chi connectivity index (χ0) is 19.6. The highest BCUT2D eigenvalue weighted by Crippen LogP contribution is 2.34. The van der Waals surface area contributed by atoms with Crippen molar-refractivity contribution in [2.75, 3.05) is 13.2 Å². The molecule has 0 fully saturated rings. The minimum absolute atomic E-state index is 0.0902. The van der Waals surface area contributed by atoms with Gasteiger partial charge in [0.1, 0.15) is 0 Å². The third-order valence-corrected chi connectivity index (χ3v) is 3.77. The fourth-order valence-corrected chi connectivity index (χ4v) is 2.41. The maximum Gasteiger partial charge on any atom is 0.329 e. The Morgan fingerprint density at radius 3 is 2.67 bits per heavy atom. The summed E-state index contributed by atoms with van der Waals surface area (Å²) in [5, 5.41) is 16.1. The van der Waals surface area contributed by atoms with E-state index in [4.69, 9.17) is 16.3 Å². The zero-order valence-corrected chi connectivity index (χ0v) is 15.5. The van der Waals surface area contributed by atoms with Gasteiger partial charge in [0.2, 0.25) is 0 Å². The van der Waals surface area contributed by atoms with E-state index in [1.807, 2.05) is 30.3 Å². The molecule has 2 rings (SSSR count). The van der Waals surface area contributed by atoms with Gasteiger partial charge in [-0.3, -0.25) is 9.59 Å². The van der Waals surface area contributed by atoms with Crippen LogP contribution in [0, 0.1) is 0 Å². The highest BCUT2D eigenvalue weighted by atomic mass is 35.5. The number of rotatable bonds is 7. The van der Waals surface area contributed by atoms with Gasteiger partial charge in [0.15, 0.2) is 11.5 Å². The van der Waals surface area contributed by atoms with Crippen LogP contribution >= 0.6 is 11.6 Å². The Morgan fingerprint density at radius 1 is 1.22 bits per heavy atom. The number of carbonyl (C=O) groups excluding carboxylic acids is 2. The maximum absolute atomic E-state index is 11.7. The summed E-state index contributed by atoms with van der Waals surface area (Å²) in [5.41, 5.74) is 3.69. The standard InChI is InChI=1S/C19H20ClN3O4/c1-2-27-16-11-14(10-15(20)17(16)24)12-22-23-19(26)18(25)21-9-8-13-6-4-3-5-7-13/h3-7,10-12,24H,2,8-9H2,1H3,(H,21,25)(H,23,26)/b22-12-. The second kappa shape index (κ2) is 10.2. The molecule has 0 aliphatic heterocycles. The molecule has 8 heteroatoms. The van der Waals surface area contributed by atoms with Crippen molar-refractivity contribution in [3.8, 4) is 11.5 Å². The average Bonchev–Trinajstić information content (AvgIpc) is 2.66. The SMILES string of the molecule is CCOc1cc(/C=N\NC(=O)C(=O)NCCc2ccccc2)cc(Cl)c1O. The molecule has 2 amide bonds. The summed E-state index contributed by atoms with van der Waals surface area (Å²) in [6.45, 7) is 2.46. The van der Waals surface area contributed by atoms with Crippen molar-refractivity contribution in [1.82, 2.24) is 10.7 Å². The number of carbonyl (C=O) groups is 2. The van der Waals surface area contributed by atoms with E-state index in [9.17, 15) is 14.7 Å². The van der Waals surface area contributed by atoms with Crippen LogP contribution in [-0.4, -0.2) is 36.3 Å². The topological polar surface area (TPSA) is 100 Å². The van der Waals surface area contributed by atoms with Gasteiger partial charge in [-0.15, -0.1) is 0 Å². The second-order valence-corrected chi connectivity index (χ2v) is 5.88. The maximum atomic E-state index is 11.7. The molecule has 0 radical (unpaired) electrons. The van der Waals surface area contributed by atoms with Crippen LogP contribution in [0.15, 0.2) is 47.6 Å². The minimum Gasteiger partial charge on any atom is -0.503 e. The van der Waals surface area contributed by atoms with Gasteiger partial charge >= 0.3 is 11.8 Å². The first kappa shape index (κ1) is 20.3. The number of nitrogens with one attached hydrogen (secondary N) is 2. The molecule has 0 aromatic heterocycles. The number of aromatic hydroxyl groups is 1. The van der Waals surface area contributed by atoms with Gasteiger partial charge in [-0.1, -0.05) is 41.9 Å². The summed E-state index contributed by atoms with van der Waals surface area (Å²) in [6.07, 6.45) is 1.92. The molecule has 7 nitrogen and oxygen atoms in total. The Kier molecular flexibility index (Phi) is 7.63. The summed E-state index contributed by atoms with van der Waals surface area (Å²) >= 11 is 5.91. The Morgan fingerprint density at radius 2 is 1.96 bits per heavy atom. The van der Waals surface area contributed by atoms with Crippen molar-refractivity contribution in [3.63, 3.8) is 0 Å². The van der Waals surface area contributed by atoms with Crippen molar-refractivity contribution in [1.29, 1.82) is 0 Å². The van der Waals surface area contributed by atoms with E-state index in [1.165, 1.54) is 18.3 Å². The zero-order valence-electron chi connectivity index (χ0n) is 14.7. The third-order valence-electron chi connectivity index (χ3n) is 3.48. The summed E-state index contributed by atoms with van der Waals surface area (Å²) in [4.78, 5) is 23.5. The Bertz CT molecular complexity index is 825. The number of hydrogen-bond acceptors (Lipinski definition) is 5. The van der Waals surface area contributed by atoms with Gasteiger partial charge in [-0.05, 0) is 36.6 Å². The first-order valence-electron chi connectivity index (χ1n) is 8.31. The molecule has 0 aliphatic carbocycles. The number of ether oxygens (including phenoxy) is 1.